The summed E-state index contributed by atoms with van der Waals surface area (Å²) in [5.74, 6) is -1.14. The maximum Gasteiger partial charge on any atom is 0.302 e. The van der Waals surface area contributed by atoms with E-state index in [1.54, 1.807) is 37.4 Å². The molecule has 3 aromatic rings. The fourth-order valence-corrected chi connectivity index (χ4v) is 3.84. The van der Waals surface area contributed by atoms with Gasteiger partial charge in [-0.25, -0.2) is 9.97 Å². The summed E-state index contributed by atoms with van der Waals surface area (Å²) in [5.41, 5.74) is 2.10. The Morgan fingerprint density at radius 2 is 1.58 bits per heavy atom. The third-order valence-electron chi connectivity index (χ3n) is 5.67. The summed E-state index contributed by atoms with van der Waals surface area (Å²) in [6.45, 7) is 6.32. The fraction of sp³-hybridized carbons (Fsp3) is 0.231. The molecule has 2 heterocycles. The number of amides is 1. The van der Waals surface area contributed by atoms with Gasteiger partial charge in [-0.1, -0.05) is 45.0 Å². The zero-order chi connectivity index (χ0) is 23.8. The first-order valence-electron chi connectivity index (χ1n) is 10.6. The molecule has 1 fully saturated rings. The highest BCUT2D eigenvalue weighted by Gasteiger charge is 2.48. The first kappa shape index (κ1) is 22.2. The van der Waals surface area contributed by atoms with E-state index >= 15 is 0 Å². The molecule has 0 bridgehead atoms. The Morgan fingerprint density at radius 3 is 2.12 bits per heavy atom. The van der Waals surface area contributed by atoms with Crippen LogP contribution in [-0.4, -0.2) is 33.9 Å². The average Bonchev–Trinajstić information content (AvgIpc) is 3.09. The third kappa shape index (κ3) is 4.09. The van der Waals surface area contributed by atoms with Crippen LogP contribution in [0, 0.1) is 0 Å². The van der Waals surface area contributed by atoms with Gasteiger partial charge in [0.25, 0.3) is 5.78 Å². The van der Waals surface area contributed by atoms with Crippen LogP contribution in [0.5, 0.6) is 5.75 Å². The van der Waals surface area contributed by atoms with Crippen molar-refractivity contribution in [1.82, 2.24) is 9.97 Å². The predicted molar refractivity (Wildman–Crippen MR) is 125 cm³/mol. The van der Waals surface area contributed by atoms with Crippen LogP contribution in [0.4, 0.5) is 5.95 Å². The van der Waals surface area contributed by atoms with E-state index in [0.717, 1.165) is 5.56 Å². The van der Waals surface area contributed by atoms with Gasteiger partial charge in [-0.05, 0) is 46.9 Å². The summed E-state index contributed by atoms with van der Waals surface area (Å²) in [6, 6.07) is 15.1. The van der Waals surface area contributed by atoms with Crippen LogP contribution in [0.1, 0.15) is 43.5 Å². The number of anilines is 1. The molecule has 7 heteroatoms. The molecule has 1 N–H and O–H groups in total. The molecule has 1 saturated heterocycles. The number of carbonyl (C=O) groups is 2. The summed E-state index contributed by atoms with van der Waals surface area (Å²) in [7, 11) is 1.54. The van der Waals surface area contributed by atoms with Crippen molar-refractivity contribution in [1.29, 1.82) is 0 Å². The number of rotatable bonds is 4. The normalized spacial score (nSPS) is 17.9. The molecule has 0 unspecified atom stereocenters. The number of Topliss-reactive ketones (excluding diaryl/α,β-unsaturated/α-hetero) is 1. The number of benzene rings is 2. The highest BCUT2D eigenvalue weighted by Crippen LogP contribution is 2.41. The smallest absolute Gasteiger partial charge is 0.302 e. The Labute approximate surface area is 192 Å². The average molecular weight is 444 g/mol. The van der Waals surface area contributed by atoms with Crippen molar-refractivity contribution < 1.29 is 19.4 Å². The fourth-order valence-electron chi connectivity index (χ4n) is 3.84. The highest BCUT2D eigenvalue weighted by atomic mass is 16.5. The van der Waals surface area contributed by atoms with Gasteiger partial charge in [-0.15, -0.1) is 0 Å². The van der Waals surface area contributed by atoms with Gasteiger partial charge in [0.05, 0.1) is 18.7 Å². The molecule has 33 heavy (non-hydrogen) atoms. The zero-order valence-electron chi connectivity index (χ0n) is 18.9. The minimum absolute atomic E-state index is 0.0128. The molecule has 1 atom stereocenters. The van der Waals surface area contributed by atoms with Crippen LogP contribution in [0.2, 0.25) is 0 Å². The molecule has 0 saturated carbocycles. The maximum absolute atomic E-state index is 13.1. The van der Waals surface area contributed by atoms with Crippen LogP contribution in [0.3, 0.4) is 0 Å². The number of nitrogens with zero attached hydrogens (tertiary/aromatic N) is 3. The van der Waals surface area contributed by atoms with Gasteiger partial charge in [0.1, 0.15) is 11.5 Å². The lowest BCUT2D eigenvalue weighted by molar-refractivity contribution is -0.132. The molecule has 0 radical (unpaired) electrons. The number of hydrogen-bond acceptors (Lipinski definition) is 6. The van der Waals surface area contributed by atoms with Gasteiger partial charge < -0.3 is 9.84 Å². The van der Waals surface area contributed by atoms with Crippen LogP contribution >= 0.6 is 0 Å². The van der Waals surface area contributed by atoms with E-state index in [1.165, 1.54) is 17.3 Å². The van der Waals surface area contributed by atoms with Gasteiger partial charge >= 0.3 is 5.91 Å². The minimum Gasteiger partial charge on any atom is -0.507 e. The Bertz CT molecular complexity index is 1210. The number of aliphatic hydroxyl groups is 1. The Morgan fingerprint density at radius 1 is 0.970 bits per heavy atom. The van der Waals surface area contributed by atoms with E-state index in [2.05, 4.69) is 30.7 Å². The van der Waals surface area contributed by atoms with Gasteiger partial charge in [0.15, 0.2) is 0 Å². The van der Waals surface area contributed by atoms with E-state index in [-0.39, 0.29) is 22.7 Å². The van der Waals surface area contributed by atoms with Crippen LogP contribution < -0.4 is 9.64 Å². The topological polar surface area (TPSA) is 92.6 Å². The Kier molecular flexibility index (Phi) is 5.72. The summed E-state index contributed by atoms with van der Waals surface area (Å²) >= 11 is 0. The van der Waals surface area contributed by atoms with E-state index in [0.29, 0.717) is 16.9 Å². The largest absolute Gasteiger partial charge is 0.507 e. The number of ether oxygens (including phenoxy) is 1. The molecule has 7 nitrogen and oxygen atoms in total. The molecular weight excluding hydrogens is 418 g/mol. The first-order valence-corrected chi connectivity index (χ1v) is 10.6. The van der Waals surface area contributed by atoms with Crippen LogP contribution in [-0.2, 0) is 15.0 Å². The monoisotopic (exact) mass is 443 g/mol. The molecule has 1 aromatic heterocycles. The number of ketones is 1. The number of carbonyl (C=O) groups excluding carboxylic acids is 2. The van der Waals surface area contributed by atoms with E-state index < -0.39 is 17.7 Å². The van der Waals surface area contributed by atoms with Crippen molar-refractivity contribution in [3.8, 4) is 5.75 Å². The van der Waals surface area contributed by atoms with Crippen molar-refractivity contribution in [2.45, 2.75) is 32.2 Å². The molecule has 4 rings (SSSR count). The minimum atomic E-state index is -0.872. The van der Waals surface area contributed by atoms with Crippen LogP contribution in [0.15, 0.2) is 72.6 Å². The summed E-state index contributed by atoms with van der Waals surface area (Å²) in [4.78, 5) is 35.9. The third-order valence-corrected chi connectivity index (χ3v) is 5.67. The quantitative estimate of drug-likeness (QED) is 0.365. The second-order valence-electron chi connectivity index (χ2n) is 8.82. The van der Waals surface area contributed by atoms with E-state index in [1.807, 2.05) is 24.3 Å². The van der Waals surface area contributed by atoms with Crippen molar-refractivity contribution in [2.75, 3.05) is 12.0 Å². The van der Waals surface area contributed by atoms with Gasteiger partial charge in [0.2, 0.25) is 5.95 Å². The van der Waals surface area contributed by atoms with E-state index in [9.17, 15) is 14.7 Å². The van der Waals surface area contributed by atoms with Crippen LogP contribution in [0.25, 0.3) is 5.76 Å². The lowest BCUT2D eigenvalue weighted by Gasteiger charge is -2.25. The molecular formula is C26H25N3O4. The summed E-state index contributed by atoms with van der Waals surface area (Å²) in [5, 5.41) is 11.2. The van der Waals surface area contributed by atoms with Crippen molar-refractivity contribution >= 4 is 23.4 Å². The summed E-state index contributed by atoms with van der Waals surface area (Å²) in [6.07, 6.45) is 3.01. The maximum atomic E-state index is 13.1. The van der Waals surface area contributed by atoms with Crippen molar-refractivity contribution in [2.24, 2.45) is 0 Å². The lowest BCUT2D eigenvalue weighted by atomic mass is 9.85. The van der Waals surface area contributed by atoms with Crippen molar-refractivity contribution in [3.63, 3.8) is 0 Å². The lowest BCUT2D eigenvalue weighted by Crippen LogP contribution is -2.31. The highest BCUT2D eigenvalue weighted by molar-refractivity contribution is 6.51. The molecule has 0 aliphatic carbocycles. The molecule has 1 aliphatic rings. The Balaban J connectivity index is 1.90. The van der Waals surface area contributed by atoms with Gasteiger partial charge in [-0.2, -0.15) is 0 Å². The molecule has 1 aliphatic heterocycles. The van der Waals surface area contributed by atoms with Gasteiger partial charge in [0, 0.05) is 18.0 Å². The molecule has 168 valence electrons. The standard InChI is InChI=1S/C26H25N3O4/c1-26(2,3)18-10-6-16(7-11-18)21-20(22(30)17-8-12-19(33-4)13-9-17)23(31)24(32)29(21)25-27-14-5-15-28-25/h5-15,21,30H,1-4H3/b22-20+/t21-/m0/s1. The summed E-state index contributed by atoms with van der Waals surface area (Å²) < 4.78 is 5.17. The SMILES string of the molecule is COc1ccc(/C(O)=C2\C(=O)C(=O)N(c3ncccn3)[C@H]2c2ccc(C(C)(C)C)cc2)cc1. The molecule has 2 aromatic carbocycles. The van der Waals surface area contributed by atoms with Gasteiger partial charge in [-0.3, -0.25) is 14.5 Å². The number of aromatic nitrogens is 2. The number of aliphatic hydroxyl groups excluding tert-OH is 1. The predicted octanol–water partition coefficient (Wildman–Crippen LogP) is 4.41. The second kappa shape index (κ2) is 8.50. The molecule has 0 spiro atoms. The van der Waals surface area contributed by atoms with Crippen molar-refractivity contribution in [3.05, 3.63) is 89.3 Å². The first-order chi connectivity index (χ1) is 15.7. The number of methoxy groups -OCH3 is 1. The Hall–Kier alpha value is -4.00. The number of hydrogen-bond donors (Lipinski definition) is 1. The van der Waals surface area contributed by atoms with E-state index in [4.69, 9.17) is 4.74 Å². The molecule has 1 amide bonds. The second-order valence-corrected chi connectivity index (χ2v) is 8.82. The zero-order valence-corrected chi connectivity index (χ0v) is 18.9.